The predicted molar refractivity (Wildman–Crippen MR) is 80.8 cm³/mol. The Morgan fingerprint density at radius 1 is 1.32 bits per heavy atom. The van der Waals surface area contributed by atoms with E-state index < -0.39 is 20.6 Å². The highest BCUT2D eigenvalue weighted by molar-refractivity contribution is 7.91. The molecule has 0 aliphatic heterocycles. The lowest BCUT2D eigenvalue weighted by Crippen LogP contribution is -2.19. The van der Waals surface area contributed by atoms with E-state index in [-0.39, 0.29) is 11.8 Å². The summed E-state index contributed by atoms with van der Waals surface area (Å²) in [6.45, 7) is 3.60. The minimum Gasteiger partial charge on any atom is -0.382 e. The summed E-state index contributed by atoms with van der Waals surface area (Å²) in [5.74, 6) is 0.690. The molecule has 1 rings (SSSR count). The Bertz CT molecular complexity index is 541. The maximum absolute atomic E-state index is 12.0. The second-order valence-corrected chi connectivity index (χ2v) is 8.31. The zero-order valence-corrected chi connectivity index (χ0v) is 13.2. The van der Waals surface area contributed by atoms with Gasteiger partial charge in [-0.3, -0.25) is 4.21 Å². The van der Waals surface area contributed by atoms with Crippen LogP contribution in [0.2, 0.25) is 0 Å². The summed E-state index contributed by atoms with van der Waals surface area (Å²) < 4.78 is 35.0. The number of hydrogen-bond donors (Lipinski definition) is 1. The molecule has 0 aliphatic carbocycles. The van der Waals surface area contributed by atoms with Crippen LogP contribution in [0, 0.1) is 0 Å². The molecule has 0 spiro atoms. The van der Waals surface area contributed by atoms with Gasteiger partial charge in [0, 0.05) is 28.9 Å². The van der Waals surface area contributed by atoms with E-state index in [0.29, 0.717) is 16.3 Å². The first kappa shape index (κ1) is 16.2. The first-order chi connectivity index (χ1) is 8.86. The third kappa shape index (κ3) is 4.95. The van der Waals surface area contributed by atoms with Crippen LogP contribution < -0.4 is 5.32 Å². The Balaban J connectivity index is 2.87. The molecule has 1 aromatic rings. The minimum atomic E-state index is -3.23. The molecule has 0 heterocycles. The van der Waals surface area contributed by atoms with Crippen molar-refractivity contribution in [3.05, 3.63) is 24.3 Å². The molecular formula is C13H21NO3S2. The average Bonchev–Trinajstić information content (AvgIpc) is 2.37. The molecule has 0 saturated heterocycles. The number of para-hydroxylation sites is 1. The molecule has 0 saturated carbocycles. The zero-order valence-electron chi connectivity index (χ0n) is 11.5. The number of sulfone groups is 1. The standard InChI is InChI=1S/C13H21NO3S2/c1-4-19(16,17)13-8-6-5-7-12(13)14-11(2)9-10-18(3)15/h5-8,11,14H,4,9-10H2,1-3H3. The van der Waals surface area contributed by atoms with E-state index in [1.54, 1.807) is 31.4 Å². The highest BCUT2D eigenvalue weighted by atomic mass is 32.2. The predicted octanol–water partition coefficient (Wildman–Crippen LogP) is 2.05. The van der Waals surface area contributed by atoms with Gasteiger partial charge in [0.15, 0.2) is 9.84 Å². The van der Waals surface area contributed by atoms with E-state index in [0.717, 1.165) is 6.42 Å². The molecule has 2 atom stereocenters. The maximum atomic E-state index is 12.0. The summed E-state index contributed by atoms with van der Waals surface area (Å²) in [6.07, 6.45) is 2.41. The largest absolute Gasteiger partial charge is 0.382 e. The van der Waals surface area contributed by atoms with Crippen LogP contribution in [0.5, 0.6) is 0 Å². The van der Waals surface area contributed by atoms with Crippen LogP contribution in [0.4, 0.5) is 5.69 Å². The number of benzene rings is 1. The molecule has 6 heteroatoms. The van der Waals surface area contributed by atoms with E-state index in [1.807, 2.05) is 13.0 Å². The smallest absolute Gasteiger partial charge is 0.180 e. The number of hydrogen-bond acceptors (Lipinski definition) is 4. The molecule has 0 fully saturated rings. The first-order valence-electron chi connectivity index (χ1n) is 6.25. The second-order valence-electron chi connectivity index (χ2n) is 4.51. The van der Waals surface area contributed by atoms with Crippen LogP contribution in [0.3, 0.4) is 0 Å². The van der Waals surface area contributed by atoms with Crippen LogP contribution in [0.1, 0.15) is 20.3 Å². The fraction of sp³-hybridized carbons (Fsp3) is 0.538. The minimum absolute atomic E-state index is 0.0807. The van der Waals surface area contributed by atoms with Crippen LogP contribution in [-0.4, -0.2) is 36.4 Å². The molecule has 2 unspecified atom stereocenters. The molecule has 1 N–H and O–H groups in total. The van der Waals surface area contributed by atoms with Gasteiger partial charge in [0.1, 0.15) is 0 Å². The average molecular weight is 303 g/mol. The summed E-state index contributed by atoms with van der Waals surface area (Å²) >= 11 is 0. The van der Waals surface area contributed by atoms with E-state index >= 15 is 0 Å². The van der Waals surface area contributed by atoms with Crippen LogP contribution >= 0.6 is 0 Å². The summed E-state index contributed by atoms with van der Waals surface area (Å²) in [5.41, 5.74) is 0.624. The number of rotatable bonds is 7. The molecule has 0 amide bonds. The van der Waals surface area contributed by atoms with Gasteiger partial charge in [-0.1, -0.05) is 19.1 Å². The lowest BCUT2D eigenvalue weighted by Gasteiger charge is -2.17. The lowest BCUT2D eigenvalue weighted by molar-refractivity contribution is 0.597. The van der Waals surface area contributed by atoms with Gasteiger partial charge in [0.25, 0.3) is 0 Å². The second kappa shape index (κ2) is 7.05. The Morgan fingerprint density at radius 3 is 2.53 bits per heavy atom. The third-order valence-corrected chi connectivity index (χ3v) is 5.44. The molecule has 0 aromatic heterocycles. The van der Waals surface area contributed by atoms with Crippen molar-refractivity contribution in [1.29, 1.82) is 0 Å². The van der Waals surface area contributed by atoms with Crippen LogP contribution in [0.15, 0.2) is 29.2 Å². The highest BCUT2D eigenvalue weighted by Gasteiger charge is 2.17. The Kier molecular flexibility index (Phi) is 6.00. The third-order valence-electron chi connectivity index (χ3n) is 2.84. The van der Waals surface area contributed by atoms with Crippen molar-refractivity contribution in [3.8, 4) is 0 Å². The summed E-state index contributed by atoms with van der Waals surface area (Å²) in [7, 11) is -4.05. The van der Waals surface area contributed by atoms with Gasteiger partial charge in [-0.05, 0) is 25.5 Å². The number of nitrogens with one attached hydrogen (secondary N) is 1. The fourth-order valence-corrected chi connectivity index (χ4v) is 3.44. The van der Waals surface area contributed by atoms with Crippen molar-refractivity contribution in [3.63, 3.8) is 0 Å². The van der Waals surface area contributed by atoms with Crippen molar-refractivity contribution in [1.82, 2.24) is 0 Å². The van der Waals surface area contributed by atoms with E-state index in [4.69, 9.17) is 0 Å². The summed E-state index contributed by atoms with van der Waals surface area (Å²) in [5, 5.41) is 3.19. The SMILES string of the molecule is CCS(=O)(=O)c1ccccc1NC(C)CCS(C)=O. The molecule has 0 bridgehead atoms. The van der Waals surface area contributed by atoms with Gasteiger partial charge in [-0.15, -0.1) is 0 Å². The maximum Gasteiger partial charge on any atom is 0.180 e. The van der Waals surface area contributed by atoms with Crippen molar-refractivity contribution < 1.29 is 12.6 Å². The molecule has 108 valence electrons. The Labute approximate surface area is 118 Å². The van der Waals surface area contributed by atoms with Crippen molar-refractivity contribution in [2.24, 2.45) is 0 Å². The van der Waals surface area contributed by atoms with Crippen molar-refractivity contribution in [2.45, 2.75) is 31.2 Å². The van der Waals surface area contributed by atoms with Crippen molar-refractivity contribution >= 4 is 26.3 Å². The van der Waals surface area contributed by atoms with Gasteiger partial charge in [-0.2, -0.15) is 0 Å². The molecule has 19 heavy (non-hydrogen) atoms. The summed E-state index contributed by atoms with van der Waals surface area (Å²) in [6, 6.07) is 6.99. The number of anilines is 1. The van der Waals surface area contributed by atoms with Gasteiger partial charge in [0.05, 0.1) is 16.3 Å². The molecule has 4 nitrogen and oxygen atoms in total. The molecule has 0 radical (unpaired) electrons. The topological polar surface area (TPSA) is 63.2 Å². The van der Waals surface area contributed by atoms with E-state index in [2.05, 4.69) is 5.32 Å². The van der Waals surface area contributed by atoms with Crippen molar-refractivity contribution in [2.75, 3.05) is 23.1 Å². The monoisotopic (exact) mass is 303 g/mol. The Morgan fingerprint density at radius 2 is 1.95 bits per heavy atom. The van der Waals surface area contributed by atoms with Gasteiger partial charge >= 0.3 is 0 Å². The zero-order chi connectivity index (χ0) is 14.5. The molecular weight excluding hydrogens is 282 g/mol. The normalized spacial score (nSPS) is 14.9. The highest BCUT2D eigenvalue weighted by Crippen LogP contribution is 2.23. The Hall–Kier alpha value is -0.880. The van der Waals surface area contributed by atoms with Crippen LogP contribution in [-0.2, 0) is 20.6 Å². The van der Waals surface area contributed by atoms with Gasteiger partial charge in [0.2, 0.25) is 0 Å². The summed E-state index contributed by atoms with van der Waals surface area (Å²) in [4.78, 5) is 0.335. The fourth-order valence-electron chi connectivity index (χ4n) is 1.69. The van der Waals surface area contributed by atoms with Gasteiger partial charge in [-0.25, -0.2) is 8.42 Å². The first-order valence-corrected chi connectivity index (χ1v) is 9.63. The van der Waals surface area contributed by atoms with Gasteiger partial charge < -0.3 is 5.32 Å². The molecule has 0 aliphatic rings. The van der Waals surface area contributed by atoms with E-state index in [1.165, 1.54) is 0 Å². The molecule has 1 aromatic carbocycles. The quantitative estimate of drug-likeness (QED) is 0.837. The lowest BCUT2D eigenvalue weighted by atomic mass is 10.2. The van der Waals surface area contributed by atoms with Crippen LogP contribution in [0.25, 0.3) is 0 Å². The van der Waals surface area contributed by atoms with E-state index in [9.17, 15) is 12.6 Å².